The maximum atomic E-state index is 2.58. The van der Waals surface area contributed by atoms with Crippen LogP contribution in [0.15, 0.2) is 0 Å². The van der Waals surface area contributed by atoms with Crippen LogP contribution in [0.5, 0.6) is 0 Å². The molecule has 1 heteroatoms. The van der Waals surface area contributed by atoms with E-state index in [1.165, 1.54) is 38.6 Å². The Hall–Kier alpha value is -0.0400. The van der Waals surface area contributed by atoms with Gasteiger partial charge in [0.15, 0.2) is 0 Å². The van der Waals surface area contributed by atoms with Gasteiger partial charge < -0.3 is 4.90 Å². The molecule has 1 fully saturated rings. The van der Waals surface area contributed by atoms with E-state index in [0.717, 1.165) is 17.9 Å². The SMILES string of the molecule is CCC1CCC(N(C)CC(C)C)CC1. The first kappa shape index (κ1) is 12.0. The zero-order valence-corrected chi connectivity index (χ0v) is 10.4. The lowest BCUT2D eigenvalue weighted by molar-refractivity contribution is 0.150. The summed E-state index contributed by atoms with van der Waals surface area (Å²) in [6.07, 6.45) is 7.18. The zero-order chi connectivity index (χ0) is 10.6. The van der Waals surface area contributed by atoms with Crippen LogP contribution in [0.4, 0.5) is 0 Å². The third kappa shape index (κ3) is 3.61. The molecule has 0 saturated heterocycles. The van der Waals surface area contributed by atoms with Crippen molar-refractivity contribution in [3.8, 4) is 0 Å². The summed E-state index contributed by atoms with van der Waals surface area (Å²) < 4.78 is 0. The molecule has 0 atom stereocenters. The van der Waals surface area contributed by atoms with Crippen LogP contribution < -0.4 is 0 Å². The maximum absolute atomic E-state index is 2.58. The van der Waals surface area contributed by atoms with Crippen molar-refractivity contribution < 1.29 is 0 Å². The second kappa shape index (κ2) is 5.75. The van der Waals surface area contributed by atoms with E-state index in [4.69, 9.17) is 0 Å². The molecule has 0 aromatic carbocycles. The Morgan fingerprint density at radius 2 is 1.71 bits per heavy atom. The maximum Gasteiger partial charge on any atom is 0.00925 e. The van der Waals surface area contributed by atoms with Gasteiger partial charge in [-0.05, 0) is 44.6 Å². The molecule has 1 aliphatic rings. The van der Waals surface area contributed by atoms with E-state index in [-0.39, 0.29) is 0 Å². The predicted octanol–water partition coefficient (Wildman–Crippen LogP) is 3.54. The Balaban J connectivity index is 2.26. The highest BCUT2D eigenvalue weighted by atomic mass is 15.1. The number of hydrogen-bond acceptors (Lipinski definition) is 1. The summed E-state index contributed by atoms with van der Waals surface area (Å²) in [5.41, 5.74) is 0. The first-order chi connectivity index (χ1) is 6.63. The van der Waals surface area contributed by atoms with Crippen LogP contribution in [-0.2, 0) is 0 Å². The molecule has 1 rings (SSSR count). The van der Waals surface area contributed by atoms with Gasteiger partial charge in [0.25, 0.3) is 0 Å². The summed E-state index contributed by atoms with van der Waals surface area (Å²) in [6, 6.07) is 0.875. The van der Waals surface area contributed by atoms with Gasteiger partial charge in [0.1, 0.15) is 0 Å². The molecule has 1 aliphatic carbocycles. The lowest BCUT2D eigenvalue weighted by atomic mass is 9.84. The van der Waals surface area contributed by atoms with Gasteiger partial charge in [-0.3, -0.25) is 0 Å². The van der Waals surface area contributed by atoms with E-state index in [1.54, 1.807) is 0 Å². The summed E-state index contributed by atoms with van der Waals surface area (Å²) in [5.74, 6) is 1.84. The molecule has 14 heavy (non-hydrogen) atoms. The fourth-order valence-corrected chi connectivity index (χ4v) is 2.72. The molecule has 0 aromatic rings. The Bertz CT molecular complexity index is 145. The first-order valence-electron chi connectivity index (χ1n) is 6.33. The molecule has 0 unspecified atom stereocenters. The van der Waals surface area contributed by atoms with Gasteiger partial charge >= 0.3 is 0 Å². The molecule has 84 valence electrons. The minimum Gasteiger partial charge on any atom is -0.303 e. The van der Waals surface area contributed by atoms with Crippen LogP contribution in [0.1, 0.15) is 52.9 Å². The number of nitrogens with zero attached hydrogens (tertiary/aromatic N) is 1. The van der Waals surface area contributed by atoms with Crippen molar-refractivity contribution in [2.45, 2.75) is 58.9 Å². The first-order valence-corrected chi connectivity index (χ1v) is 6.33. The third-order valence-corrected chi connectivity index (χ3v) is 3.67. The van der Waals surface area contributed by atoms with E-state index in [9.17, 15) is 0 Å². The minimum atomic E-state index is 0.809. The fourth-order valence-electron chi connectivity index (χ4n) is 2.72. The van der Waals surface area contributed by atoms with Crippen molar-refractivity contribution in [2.75, 3.05) is 13.6 Å². The molecular formula is C13H27N. The molecule has 1 saturated carbocycles. The Morgan fingerprint density at radius 3 is 2.14 bits per heavy atom. The summed E-state index contributed by atoms with van der Waals surface area (Å²) in [5, 5.41) is 0. The van der Waals surface area contributed by atoms with Crippen LogP contribution in [0.2, 0.25) is 0 Å². The Kier molecular flexibility index (Phi) is 4.94. The summed E-state index contributed by atoms with van der Waals surface area (Å²) in [6.45, 7) is 8.23. The number of rotatable bonds is 4. The largest absolute Gasteiger partial charge is 0.303 e. The second-order valence-electron chi connectivity index (χ2n) is 5.42. The molecule has 0 radical (unpaired) electrons. The van der Waals surface area contributed by atoms with Gasteiger partial charge in [-0.25, -0.2) is 0 Å². The summed E-state index contributed by atoms with van der Waals surface area (Å²) in [7, 11) is 2.30. The lowest BCUT2D eigenvalue weighted by Crippen LogP contribution is -2.37. The molecule has 0 N–H and O–H groups in total. The van der Waals surface area contributed by atoms with Crippen molar-refractivity contribution in [2.24, 2.45) is 11.8 Å². The lowest BCUT2D eigenvalue weighted by Gasteiger charge is -2.35. The minimum absolute atomic E-state index is 0.809. The van der Waals surface area contributed by atoms with Crippen molar-refractivity contribution in [3.63, 3.8) is 0 Å². The normalized spacial score (nSPS) is 28.7. The van der Waals surface area contributed by atoms with Crippen LogP contribution in [0, 0.1) is 11.8 Å². The van der Waals surface area contributed by atoms with Crippen molar-refractivity contribution in [1.29, 1.82) is 0 Å². The van der Waals surface area contributed by atoms with Crippen molar-refractivity contribution in [1.82, 2.24) is 4.90 Å². The molecule has 0 amide bonds. The molecule has 0 bridgehead atoms. The van der Waals surface area contributed by atoms with Gasteiger partial charge in [0.05, 0.1) is 0 Å². The molecule has 0 aliphatic heterocycles. The van der Waals surface area contributed by atoms with Gasteiger partial charge in [0, 0.05) is 12.6 Å². The smallest absolute Gasteiger partial charge is 0.00925 e. The molecule has 0 heterocycles. The van der Waals surface area contributed by atoms with E-state index in [0.29, 0.717) is 0 Å². The van der Waals surface area contributed by atoms with Gasteiger partial charge in [-0.15, -0.1) is 0 Å². The summed E-state index contributed by atoms with van der Waals surface area (Å²) in [4.78, 5) is 2.58. The quantitative estimate of drug-likeness (QED) is 0.666. The predicted molar refractivity (Wildman–Crippen MR) is 63.5 cm³/mol. The second-order valence-corrected chi connectivity index (χ2v) is 5.42. The van der Waals surface area contributed by atoms with Gasteiger partial charge in [-0.1, -0.05) is 27.2 Å². The van der Waals surface area contributed by atoms with E-state index < -0.39 is 0 Å². The Morgan fingerprint density at radius 1 is 1.14 bits per heavy atom. The monoisotopic (exact) mass is 197 g/mol. The van der Waals surface area contributed by atoms with E-state index in [2.05, 4.69) is 32.7 Å². The molecule has 0 spiro atoms. The van der Waals surface area contributed by atoms with E-state index in [1.807, 2.05) is 0 Å². The topological polar surface area (TPSA) is 3.24 Å². The highest BCUT2D eigenvalue weighted by Crippen LogP contribution is 2.29. The fraction of sp³-hybridized carbons (Fsp3) is 1.00. The number of hydrogen-bond donors (Lipinski definition) is 0. The van der Waals surface area contributed by atoms with Crippen LogP contribution >= 0.6 is 0 Å². The Labute approximate surface area is 89.9 Å². The highest BCUT2D eigenvalue weighted by Gasteiger charge is 2.22. The van der Waals surface area contributed by atoms with Gasteiger partial charge in [0.2, 0.25) is 0 Å². The van der Waals surface area contributed by atoms with Crippen LogP contribution in [0.25, 0.3) is 0 Å². The third-order valence-electron chi connectivity index (χ3n) is 3.67. The molecular weight excluding hydrogens is 170 g/mol. The van der Waals surface area contributed by atoms with Gasteiger partial charge in [-0.2, -0.15) is 0 Å². The standard InChI is InChI=1S/C13H27N/c1-5-12-6-8-13(9-7-12)14(4)10-11(2)3/h11-13H,5-10H2,1-4H3. The van der Waals surface area contributed by atoms with Crippen LogP contribution in [-0.4, -0.2) is 24.5 Å². The average molecular weight is 197 g/mol. The average Bonchev–Trinajstić information content (AvgIpc) is 2.17. The van der Waals surface area contributed by atoms with Crippen molar-refractivity contribution in [3.05, 3.63) is 0 Å². The van der Waals surface area contributed by atoms with E-state index >= 15 is 0 Å². The zero-order valence-electron chi connectivity index (χ0n) is 10.4. The van der Waals surface area contributed by atoms with Crippen LogP contribution in [0.3, 0.4) is 0 Å². The van der Waals surface area contributed by atoms with Crippen molar-refractivity contribution >= 4 is 0 Å². The highest BCUT2D eigenvalue weighted by molar-refractivity contribution is 4.77. The molecule has 0 aromatic heterocycles. The summed E-state index contributed by atoms with van der Waals surface area (Å²) >= 11 is 0. The molecule has 1 nitrogen and oxygen atoms in total.